The van der Waals surface area contributed by atoms with Crippen LogP contribution in [-0.2, 0) is 0 Å². The van der Waals surface area contributed by atoms with Crippen LogP contribution >= 0.6 is 15.9 Å². The molecule has 1 aliphatic carbocycles. The number of hydrogen-bond donors (Lipinski definition) is 0. The Morgan fingerprint density at radius 3 is 2.43 bits per heavy atom. The predicted molar refractivity (Wildman–Crippen MR) is 101 cm³/mol. The van der Waals surface area contributed by atoms with E-state index in [0.29, 0.717) is 5.92 Å². The van der Waals surface area contributed by atoms with Crippen molar-refractivity contribution < 1.29 is 0 Å². The molecule has 1 saturated carbocycles. The second-order valence-electron chi connectivity index (χ2n) is 6.45. The fourth-order valence-electron chi connectivity index (χ4n) is 3.82. The lowest BCUT2D eigenvalue weighted by Crippen LogP contribution is -2.06. The van der Waals surface area contributed by atoms with Crippen molar-refractivity contribution in [3.8, 4) is 11.3 Å². The van der Waals surface area contributed by atoms with Crippen LogP contribution in [-0.4, -0.2) is 4.98 Å². The number of aromatic nitrogens is 1. The van der Waals surface area contributed by atoms with Gasteiger partial charge in [0.25, 0.3) is 0 Å². The molecule has 0 radical (unpaired) electrons. The van der Waals surface area contributed by atoms with E-state index in [0.717, 1.165) is 10.2 Å². The van der Waals surface area contributed by atoms with Crippen LogP contribution in [0.2, 0.25) is 0 Å². The number of rotatable bonds is 2. The molecule has 2 aromatic carbocycles. The smallest absolute Gasteiger partial charge is 0.0780 e. The van der Waals surface area contributed by atoms with Crippen molar-refractivity contribution in [2.45, 2.75) is 38.0 Å². The predicted octanol–water partition coefficient (Wildman–Crippen LogP) is 6.71. The summed E-state index contributed by atoms with van der Waals surface area (Å²) < 4.78 is 1.09. The minimum atomic E-state index is 0.678. The Bertz CT molecular complexity index is 834. The lowest BCUT2D eigenvalue weighted by Gasteiger charge is -2.23. The maximum Gasteiger partial charge on any atom is 0.0780 e. The Hall–Kier alpha value is -1.67. The summed E-state index contributed by atoms with van der Waals surface area (Å²) in [5.74, 6) is 0.678. The van der Waals surface area contributed by atoms with Gasteiger partial charge in [0.15, 0.2) is 0 Å². The summed E-state index contributed by atoms with van der Waals surface area (Å²) in [6.07, 6.45) is 8.84. The standard InChI is InChI=1S/C21H20BrN/c22-17-10-6-9-16(13-17)21-19-12-5-4-11-18(19)20(14-23-21)15-7-2-1-3-8-15/h4-6,9-15H,1-3,7-8H2. The van der Waals surface area contributed by atoms with Crippen molar-refractivity contribution >= 4 is 26.7 Å². The first-order valence-electron chi connectivity index (χ1n) is 8.46. The van der Waals surface area contributed by atoms with E-state index >= 15 is 0 Å². The molecule has 0 spiro atoms. The average Bonchev–Trinajstić information content (AvgIpc) is 2.61. The molecule has 0 atom stereocenters. The summed E-state index contributed by atoms with van der Waals surface area (Å²) in [5.41, 5.74) is 3.70. The van der Waals surface area contributed by atoms with Gasteiger partial charge < -0.3 is 0 Å². The van der Waals surface area contributed by atoms with Crippen LogP contribution in [0.4, 0.5) is 0 Å². The normalized spacial score (nSPS) is 15.9. The van der Waals surface area contributed by atoms with Crippen LogP contribution in [0, 0.1) is 0 Å². The third-order valence-corrected chi connectivity index (χ3v) is 5.46. The highest BCUT2D eigenvalue weighted by Gasteiger charge is 2.19. The van der Waals surface area contributed by atoms with Crippen molar-refractivity contribution in [2.24, 2.45) is 0 Å². The third-order valence-electron chi connectivity index (χ3n) is 4.97. The Morgan fingerprint density at radius 1 is 0.870 bits per heavy atom. The molecule has 2 heteroatoms. The van der Waals surface area contributed by atoms with Gasteiger partial charge in [0.05, 0.1) is 5.69 Å². The fourth-order valence-corrected chi connectivity index (χ4v) is 4.22. The second kappa shape index (κ2) is 6.45. The maximum absolute atomic E-state index is 4.87. The number of pyridine rings is 1. The first-order valence-corrected chi connectivity index (χ1v) is 9.26. The first-order chi connectivity index (χ1) is 11.3. The molecular weight excluding hydrogens is 346 g/mol. The van der Waals surface area contributed by atoms with Crippen molar-refractivity contribution in [1.29, 1.82) is 0 Å². The van der Waals surface area contributed by atoms with E-state index in [4.69, 9.17) is 4.98 Å². The SMILES string of the molecule is Brc1cccc(-c2ncc(C3CCCCC3)c3ccccc23)c1. The highest BCUT2D eigenvalue weighted by molar-refractivity contribution is 9.10. The summed E-state index contributed by atoms with van der Waals surface area (Å²) in [6.45, 7) is 0. The zero-order valence-corrected chi connectivity index (χ0v) is 14.7. The van der Waals surface area contributed by atoms with Crippen LogP contribution in [0.1, 0.15) is 43.6 Å². The lowest BCUT2D eigenvalue weighted by atomic mass is 9.82. The molecule has 0 saturated heterocycles. The number of benzene rings is 2. The van der Waals surface area contributed by atoms with Crippen LogP contribution < -0.4 is 0 Å². The van der Waals surface area contributed by atoms with Crippen molar-refractivity contribution in [3.63, 3.8) is 0 Å². The van der Waals surface area contributed by atoms with E-state index in [1.165, 1.54) is 54.0 Å². The Balaban J connectivity index is 1.88. The molecule has 116 valence electrons. The van der Waals surface area contributed by atoms with Gasteiger partial charge in [-0.15, -0.1) is 0 Å². The summed E-state index contributed by atoms with van der Waals surface area (Å²) in [7, 11) is 0. The van der Waals surface area contributed by atoms with Crippen molar-refractivity contribution in [1.82, 2.24) is 4.98 Å². The van der Waals surface area contributed by atoms with E-state index < -0.39 is 0 Å². The molecule has 1 nitrogen and oxygen atoms in total. The molecule has 4 rings (SSSR count). The van der Waals surface area contributed by atoms with Crippen LogP contribution in [0.5, 0.6) is 0 Å². The molecule has 1 aromatic heterocycles. The average molecular weight is 366 g/mol. The van der Waals surface area contributed by atoms with Gasteiger partial charge in [-0.05, 0) is 41.8 Å². The van der Waals surface area contributed by atoms with Gasteiger partial charge in [-0.3, -0.25) is 4.98 Å². The fraction of sp³-hybridized carbons (Fsp3) is 0.286. The zero-order chi connectivity index (χ0) is 15.6. The van der Waals surface area contributed by atoms with Crippen molar-refractivity contribution in [2.75, 3.05) is 0 Å². The number of fused-ring (bicyclic) bond motifs is 1. The van der Waals surface area contributed by atoms with E-state index in [1.54, 1.807) is 0 Å². The van der Waals surface area contributed by atoms with Gasteiger partial charge in [-0.25, -0.2) is 0 Å². The minimum Gasteiger partial charge on any atom is -0.255 e. The zero-order valence-electron chi connectivity index (χ0n) is 13.1. The van der Waals surface area contributed by atoms with Gasteiger partial charge in [0.2, 0.25) is 0 Å². The topological polar surface area (TPSA) is 12.9 Å². The summed E-state index contributed by atoms with van der Waals surface area (Å²) >= 11 is 3.57. The van der Waals surface area contributed by atoms with Gasteiger partial charge in [-0.2, -0.15) is 0 Å². The molecular formula is C21H20BrN. The number of nitrogens with zero attached hydrogens (tertiary/aromatic N) is 1. The van der Waals surface area contributed by atoms with E-state index in [1.807, 2.05) is 0 Å². The van der Waals surface area contributed by atoms with Crippen LogP contribution in [0.15, 0.2) is 59.2 Å². The third kappa shape index (κ3) is 2.92. The van der Waals surface area contributed by atoms with Crippen LogP contribution in [0.3, 0.4) is 0 Å². The Morgan fingerprint density at radius 2 is 1.65 bits per heavy atom. The molecule has 3 aromatic rings. The molecule has 0 aliphatic heterocycles. The lowest BCUT2D eigenvalue weighted by molar-refractivity contribution is 0.445. The van der Waals surface area contributed by atoms with Crippen LogP contribution in [0.25, 0.3) is 22.0 Å². The number of hydrogen-bond acceptors (Lipinski definition) is 1. The Labute approximate surface area is 145 Å². The maximum atomic E-state index is 4.87. The molecule has 0 bridgehead atoms. The molecule has 1 aliphatic rings. The molecule has 0 N–H and O–H groups in total. The second-order valence-corrected chi connectivity index (χ2v) is 7.37. The monoisotopic (exact) mass is 365 g/mol. The highest BCUT2D eigenvalue weighted by Crippen LogP contribution is 2.38. The van der Waals surface area contributed by atoms with E-state index in [-0.39, 0.29) is 0 Å². The molecule has 1 fully saturated rings. The molecule has 23 heavy (non-hydrogen) atoms. The largest absolute Gasteiger partial charge is 0.255 e. The van der Waals surface area contributed by atoms with Gasteiger partial charge in [0.1, 0.15) is 0 Å². The van der Waals surface area contributed by atoms with E-state index in [2.05, 4.69) is 70.7 Å². The van der Waals surface area contributed by atoms with Gasteiger partial charge >= 0.3 is 0 Å². The van der Waals surface area contributed by atoms with Gasteiger partial charge in [0, 0.05) is 21.6 Å². The van der Waals surface area contributed by atoms with Gasteiger partial charge in [-0.1, -0.05) is 71.6 Å². The first kappa shape index (κ1) is 14.9. The summed E-state index contributed by atoms with van der Waals surface area (Å²) in [6, 6.07) is 17.2. The minimum absolute atomic E-state index is 0.678. The number of halogens is 1. The summed E-state index contributed by atoms with van der Waals surface area (Å²) in [4.78, 5) is 4.87. The molecule has 1 heterocycles. The van der Waals surface area contributed by atoms with Crippen molar-refractivity contribution in [3.05, 3.63) is 64.8 Å². The molecule has 0 unspecified atom stereocenters. The summed E-state index contributed by atoms with van der Waals surface area (Å²) in [5, 5.41) is 2.65. The highest BCUT2D eigenvalue weighted by atomic mass is 79.9. The Kier molecular flexibility index (Phi) is 4.17. The van der Waals surface area contributed by atoms with E-state index in [9.17, 15) is 0 Å². The molecule has 0 amide bonds. The quantitative estimate of drug-likeness (QED) is 0.491.